The maximum atomic E-state index is 13.8. The molecule has 0 aromatic heterocycles. The van der Waals surface area contributed by atoms with Crippen LogP contribution in [0, 0.1) is 5.82 Å². The van der Waals surface area contributed by atoms with E-state index in [1.54, 1.807) is 31.2 Å². The Morgan fingerprint density at radius 3 is 2.35 bits per heavy atom. The Balaban J connectivity index is 2.39. The summed E-state index contributed by atoms with van der Waals surface area (Å²) in [5, 5.41) is 3.38. The lowest BCUT2D eigenvalue weighted by Gasteiger charge is -2.33. The highest BCUT2D eigenvalue weighted by Gasteiger charge is 2.31. The molecule has 0 fully saturated rings. The van der Waals surface area contributed by atoms with Crippen LogP contribution < -0.4 is 9.62 Å². The molecular weight excluding hydrogens is 481 g/mol. The lowest BCUT2D eigenvalue weighted by atomic mass is 10.1. The van der Waals surface area contributed by atoms with Gasteiger partial charge in [0.25, 0.3) is 0 Å². The van der Waals surface area contributed by atoms with Crippen LogP contribution in [-0.2, 0) is 26.2 Å². The number of hydrogen-bond donors (Lipinski definition) is 1. The molecule has 0 heterocycles. The SMILES string of the molecule is CCCCNC(=O)[C@@H](CC)N(Cc1ccc(Cl)cc1)C(=O)CN(c1cccc(F)c1)S(C)(=O)=O. The van der Waals surface area contributed by atoms with Crippen LogP contribution >= 0.6 is 11.6 Å². The van der Waals surface area contributed by atoms with Crippen molar-refractivity contribution in [3.05, 3.63) is 64.9 Å². The predicted octanol–water partition coefficient (Wildman–Crippen LogP) is 3.97. The predicted molar refractivity (Wildman–Crippen MR) is 133 cm³/mol. The molecule has 186 valence electrons. The van der Waals surface area contributed by atoms with Crippen molar-refractivity contribution in [2.75, 3.05) is 23.7 Å². The quantitative estimate of drug-likeness (QED) is 0.437. The van der Waals surface area contributed by atoms with Crippen LogP contribution in [0.1, 0.15) is 38.7 Å². The monoisotopic (exact) mass is 511 g/mol. The second-order valence-electron chi connectivity index (χ2n) is 7.97. The molecule has 2 rings (SSSR count). The van der Waals surface area contributed by atoms with Crippen molar-refractivity contribution < 1.29 is 22.4 Å². The van der Waals surface area contributed by atoms with Gasteiger partial charge < -0.3 is 10.2 Å². The zero-order valence-electron chi connectivity index (χ0n) is 19.6. The molecule has 0 saturated carbocycles. The standard InChI is InChI=1S/C24H31ClFN3O4S/c1-4-6-14-27-24(31)22(5-2)28(16-18-10-12-19(25)13-11-18)23(30)17-29(34(3,32)33)21-9-7-8-20(26)15-21/h7-13,15,22H,4-6,14,16-17H2,1-3H3,(H,27,31)/t22-/m1/s1. The number of anilines is 1. The first kappa shape index (κ1) is 27.6. The summed E-state index contributed by atoms with van der Waals surface area (Å²) in [6.45, 7) is 3.78. The number of halogens is 2. The molecule has 10 heteroatoms. The number of rotatable bonds is 12. The average Bonchev–Trinajstić information content (AvgIpc) is 2.78. The van der Waals surface area contributed by atoms with Gasteiger partial charge in [-0.2, -0.15) is 0 Å². The van der Waals surface area contributed by atoms with Crippen molar-refractivity contribution >= 4 is 39.1 Å². The maximum Gasteiger partial charge on any atom is 0.244 e. The summed E-state index contributed by atoms with van der Waals surface area (Å²) in [5.41, 5.74) is 0.761. The first-order valence-corrected chi connectivity index (χ1v) is 13.3. The molecule has 0 aliphatic heterocycles. The Labute approximate surface area is 205 Å². The molecule has 0 saturated heterocycles. The lowest BCUT2D eigenvalue weighted by Crippen LogP contribution is -2.52. The molecule has 0 spiro atoms. The molecule has 2 aromatic rings. The van der Waals surface area contributed by atoms with Crippen molar-refractivity contribution in [1.82, 2.24) is 10.2 Å². The fourth-order valence-electron chi connectivity index (χ4n) is 3.46. The molecule has 1 N–H and O–H groups in total. The van der Waals surface area contributed by atoms with E-state index in [9.17, 15) is 22.4 Å². The fraction of sp³-hybridized carbons (Fsp3) is 0.417. The summed E-state index contributed by atoms with van der Waals surface area (Å²) >= 11 is 5.97. The molecule has 0 aliphatic rings. The third-order valence-corrected chi connectivity index (χ3v) is 6.65. The molecule has 0 bridgehead atoms. The maximum absolute atomic E-state index is 13.8. The van der Waals surface area contributed by atoms with Gasteiger partial charge in [-0.25, -0.2) is 12.8 Å². The first-order valence-electron chi connectivity index (χ1n) is 11.1. The number of nitrogens with one attached hydrogen (secondary N) is 1. The Bertz CT molecular complexity index is 1080. The summed E-state index contributed by atoms with van der Waals surface area (Å²) in [5.74, 6) is -1.52. The topological polar surface area (TPSA) is 86.8 Å². The molecule has 2 amide bonds. The fourth-order valence-corrected chi connectivity index (χ4v) is 4.42. The summed E-state index contributed by atoms with van der Waals surface area (Å²) in [4.78, 5) is 27.8. The van der Waals surface area contributed by atoms with E-state index in [4.69, 9.17) is 11.6 Å². The van der Waals surface area contributed by atoms with Crippen LogP contribution in [0.15, 0.2) is 48.5 Å². The molecule has 0 unspecified atom stereocenters. The minimum Gasteiger partial charge on any atom is -0.354 e. The van der Waals surface area contributed by atoms with E-state index < -0.39 is 34.3 Å². The van der Waals surface area contributed by atoms with E-state index in [1.807, 2.05) is 6.92 Å². The third-order valence-electron chi connectivity index (χ3n) is 5.26. The first-order chi connectivity index (χ1) is 16.1. The number of nitrogens with zero attached hydrogens (tertiary/aromatic N) is 2. The number of hydrogen-bond acceptors (Lipinski definition) is 4. The van der Waals surface area contributed by atoms with Crippen molar-refractivity contribution in [2.24, 2.45) is 0 Å². The van der Waals surface area contributed by atoms with E-state index in [0.717, 1.165) is 35.0 Å². The van der Waals surface area contributed by atoms with Gasteiger partial charge in [0.15, 0.2) is 0 Å². The minimum atomic E-state index is -3.91. The second kappa shape index (κ2) is 12.7. The van der Waals surface area contributed by atoms with Gasteiger partial charge in [-0.05, 0) is 48.7 Å². The van der Waals surface area contributed by atoms with Crippen LogP contribution in [0.3, 0.4) is 0 Å². The zero-order chi connectivity index (χ0) is 25.3. The van der Waals surface area contributed by atoms with Crippen LogP contribution in [-0.4, -0.2) is 50.5 Å². The molecule has 2 aromatic carbocycles. The van der Waals surface area contributed by atoms with E-state index >= 15 is 0 Å². The Morgan fingerprint density at radius 1 is 1.12 bits per heavy atom. The number of sulfonamides is 1. The summed E-state index contributed by atoms with van der Waals surface area (Å²) in [6, 6.07) is 11.0. The smallest absolute Gasteiger partial charge is 0.244 e. The minimum absolute atomic E-state index is 0.0303. The van der Waals surface area contributed by atoms with Gasteiger partial charge in [-0.15, -0.1) is 0 Å². The lowest BCUT2D eigenvalue weighted by molar-refractivity contribution is -0.140. The van der Waals surface area contributed by atoms with Gasteiger partial charge in [0.1, 0.15) is 18.4 Å². The van der Waals surface area contributed by atoms with Crippen molar-refractivity contribution in [3.8, 4) is 0 Å². The van der Waals surface area contributed by atoms with Crippen molar-refractivity contribution in [1.29, 1.82) is 0 Å². The summed E-state index contributed by atoms with van der Waals surface area (Å²) in [7, 11) is -3.91. The highest BCUT2D eigenvalue weighted by Crippen LogP contribution is 2.21. The van der Waals surface area contributed by atoms with Crippen molar-refractivity contribution in [3.63, 3.8) is 0 Å². The molecule has 7 nitrogen and oxygen atoms in total. The number of carbonyl (C=O) groups is 2. The second-order valence-corrected chi connectivity index (χ2v) is 10.3. The van der Waals surface area contributed by atoms with Crippen LogP contribution in [0.25, 0.3) is 0 Å². The van der Waals surface area contributed by atoms with Gasteiger partial charge >= 0.3 is 0 Å². The summed E-state index contributed by atoms with van der Waals surface area (Å²) in [6.07, 6.45) is 2.98. The van der Waals surface area contributed by atoms with Crippen molar-refractivity contribution in [2.45, 2.75) is 45.7 Å². The largest absolute Gasteiger partial charge is 0.354 e. The normalized spacial score (nSPS) is 12.1. The van der Waals surface area contributed by atoms with E-state index in [0.29, 0.717) is 18.0 Å². The van der Waals surface area contributed by atoms with Gasteiger partial charge in [-0.3, -0.25) is 13.9 Å². The molecule has 1 atom stereocenters. The van der Waals surface area contributed by atoms with Crippen LogP contribution in [0.2, 0.25) is 5.02 Å². The van der Waals surface area contributed by atoms with Crippen LogP contribution in [0.5, 0.6) is 0 Å². The molecule has 34 heavy (non-hydrogen) atoms. The zero-order valence-corrected chi connectivity index (χ0v) is 21.2. The average molecular weight is 512 g/mol. The van der Waals surface area contributed by atoms with E-state index in [2.05, 4.69) is 5.32 Å². The van der Waals surface area contributed by atoms with E-state index in [1.165, 1.54) is 23.1 Å². The van der Waals surface area contributed by atoms with E-state index in [-0.39, 0.29) is 18.1 Å². The highest BCUT2D eigenvalue weighted by atomic mass is 35.5. The third kappa shape index (κ3) is 7.99. The van der Waals surface area contributed by atoms with Crippen LogP contribution in [0.4, 0.5) is 10.1 Å². The Morgan fingerprint density at radius 2 is 1.79 bits per heavy atom. The summed E-state index contributed by atoms with van der Waals surface area (Å²) < 4.78 is 39.6. The number of amides is 2. The Kier molecular flexibility index (Phi) is 10.3. The number of carbonyl (C=O) groups excluding carboxylic acids is 2. The van der Waals surface area contributed by atoms with Gasteiger partial charge in [0.05, 0.1) is 11.9 Å². The molecular formula is C24H31ClFN3O4S. The molecule has 0 radical (unpaired) electrons. The highest BCUT2D eigenvalue weighted by molar-refractivity contribution is 7.92. The van der Waals surface area contributed by atoms with Gasteiger partial charge in [-0.1, -0.05) is 50.1 Å². The number of unbranched alkanes of at least 4 members (excludes halogenated alkanes) is 1. The Hall–Kier alpha value is -2.65. The van der Waals surface area contributed by atoms with Gasteiger partial charge in [0, 0.05) is 18.1 Å². The number of benzene rings is 2. The molecule has 0 aliphatic carbocycles. The van der Waals surface area contributed by atoms with Gasteiger partial charge in [0.2, 0.25) is 21.8 Å².